The highest BCUT2D eigenvalue weighted by molar-refractivity contribution is 5.27. The molecule has 3 rings (SSSR count). The molecule has 1 unspecified atom stereocenters. The van der Waals surface area contributed by atoms with Crippen molar-refractivity contribution in [3.05, 3.63) is 23.8 Å². The minimum atomic E-state index is 0.556. The van der Waals surface area contributed by atoms with E-state index < -0.39 is 0 Å². The van der Waals surface area contributed by atoms with Crippen molar-refractivity contribution >= 4 is 0 Å². The summed E-state index contributed by atoms with van der Waals surface area (Å²) in [6.45, 7) is 4.75. The van der Waals surface area contributed by atoms with Crippen LogP contribution >= 0.6 is 0 Å². The Labute approximate surface area is 91.8 Å². The van der Waals surface area contributed by atoms with E-state index >= 15 is 0 Å². The number of hydrogen-bond donors (Lipinski definition) is 2. The molecule has 0 radical (unpaired) electrons. The Kier molecular flexibility index (Phi) is 2.41. The first-order valence-electron chi connectivity index (χ1n) is 6.18. The number of fused-ring (bicyclic) bond motifs is 2. The third kappa shape index (κ3) is 1.56. The molecule has 2 aliphatic heterocycles. The molecule has 2 nitrogen and oxygen atoms in total. The number of hydrogen-bond acceptors (Lipinski definition) is 2. The minimum absolute atomic E-state index is 0.556. The van der Waals surface area contributed by atoms with Crippen LogP contribution in [-0.4, -0.2) is 26.2 Å². The summed E-state index contributed by atoms with van der Waals surface area (Å²) in [5.74, 6) is 0.825. The van der Waals surface area contributed by atoms with Crippen LogP contribution in [0.1, 0.15) is 19.3 Å². The van der Waals surface area contributed by atoms with Crippen molar-refractivity contribution in [3.8, 4) is 0 Å². The molecule has 2 heterocycles. The second-order valence-corrected chi connectivity index (χ2v) is 5.17. The van der Waals surface area contributed by atoms with Crippen LogP contribution in [-0.2, 0) is 0 Å². The van der Waals surface area contributed by atoms with E-state index in [9.17, 15) is 0 Å². The molecule has 2 N–H and O–H groups in total. The minimum Gasteiger partial charge on any atom is -0.317 e. The van der Waals surface area contributed by atoms with E-state index in [0.717, 1.165) is 12.5 Å². The maximum Gasteiger partial charge on any atom is 0.0171 e. The largest absolute Gasteiger partial charge is 0.317 e. The highest BCUT2D eigenvalue weighted by Gasteiger charge is 2.43. The van der Waals surface area contributed by atoms with E-state index in [2.05, 4.69) is 28.9 Å². The first kappa shape index (κ1) is 9.61. The molecule has 3 aliphatic rings. The van der Waals surface area contributed by atoms with Crippen molar-refractivity contribution in [2.24, 2.45) is 11.3 Å². The lowest BCUT2D eigenvalue weighted by atomic mass is 9.62. The predicted molar refractivity (Wildman–Crippen MR) is 62.7 cm³/mol. The topological polar surface area (TPSA) is 24.1 Å². The van der Waals surface area contributed by atoms with Gasteiger partial charge in [-0.15, -0.1) is 0 Å². The summed E-state index contributed by atoms with van der Waals surface area (Å²) in [5, 5.41) is 7.10. The zero-order chi connectivity index (χ0) is 10.1. The third-order valence-corrected chi connectivity index (χ3v) is 4.41. The zero-order valence-electron chi connectivity index (χ0n) is 9.26. The molecule has 1 atom stereocenters. The Bertz CT molecular complexity index is 292. The van der Waals surface area contributed by atoms with Gasteiger partial charge in [-0.1, -0.05) is 23.8 Å². The third-order valence-electron chi connectivity index (χ3n) is 4.41. The van der Waals surface area contributed by atoms with Crippen LogP contribution in [0.25, 0.3) is 0 Å². The van der Waals surface area contributed by atoms with Crippen LogP contribution in [0.3, 0.4) is 0 Å². The fourth-order valence-electron chi connectivity index (χ4n) is 3.53. The summed E-state index contributed by atoms with van der Waals surface area (Å²) in [6.07, 6.45) is 10.9. The second-order valence-electron chi connectivity index (χ2n) is 5.17. The van der Waals surface area contributed by atoms with Crippen molar-refractivity contribution in [2.45, 2.75) is 19.3 Å². The molecular formula is C13H20N2. The van der Waals surface area contributed by atoms with E-state index in [0.29, 0.717) is 5.41 Å². The summed E-state index contributed by atoms with van der Waals surface area (Å²) in [7, 11) is 0. The van der Waals surface area contributed by atoms with Gasteiger partial charge in [-0.05, 0) is 43.7 Å². The van der Waals surface area contributed by atoms with Crippen molar-refractivity contribution in [1.82, 2.24) is 10.6 Å². The summed E-state index contributed by atoms with van der Waals surface area (Å²) in [6, 6.07) is 0. The van der Waals surface area contributed by atoms with E-state index in [1.54, 1.807) is 5.57 Å². The number of allylic oxidation sites excluding steroid dienone is 3. The molecule has 0 aromatic rings. The molecule has 0 saturated carbocycles. The van der Waals surface area contributed by atoms with Crippen molar-refractivity contribution in [2.75, 3.05) is 26.2 Å². The molecule has 15 heavy (non-hydrogen) atoms. The summed E-state index contributed by atoms with van der Waals surface area (Å²) >= 11 is 0. The fourth-order valence-corrected chi connectivity index (χ4v) is 3.53. The van der Waals surface area contributed by atoms with Crippen molar-refractivity contribution in [1.29, 1.82) is 0 Å². The van der Waals surface area contributed by atoms with Crippen LogP contribution < -0.4 is 10.6 Å². The fraction of sp³-hybridized carbons (Fsp3) is 0.692. The average molecular weight is 204 g/mol. The number of nitrogens with one attached hydrogen (secondary N) is 2. The van der Waals surface area contributed by atoms with Gasteiger partial charge < -0.3 is 10.6 Å². The van der Waals surface area contributed by atoms with Crippen LogP contribution in [0.15, 0.2) is 23.8 Å². The normalized spacial score (nSPS) is 33.6. The molecule has 82 valence electrons. The second kappa shape index (κ2) is 3.76. The SMILES string of the molecule is C1=CCC2C(=C1)CNCC21CCNCC1. The van der Waals surface area contributed by atoms with Gasteiger partial charge in [0.25, 0.3) is 0 Å². The molecule has 0 aromatic heterocycles. The van der Waals surface area contributed by atoms with Crippen LogP contribution in [0, 0.1) is 11.3 Å². The maximum absolute atomic E-state index is 3.61. The molecule has 0 amide bonds. The average Bonchev–Trinajstić information content (AvgIpc) is 2.31. The quantitative estimate of drug-likeness (QED) is 0.624. The van der Waals surface area contributed by atoms with Gasteiger partial charge in [-0.2, -0.15) is 0 Å². The monoisotopic (exact) mass is 204 g/mol. The number of piperidine rings is 2. The first-order valence-corrected chi connectivity index (χ1v) is 6.18. The van der Waals surface area contributed by atoms with Gasteiger partial charge in [0.05, 0.1) is 0 Å². The summed E-state index contributed by atoms with van der Waals surface area (Å²) in [4.78, 5) is 0. The molecule has 1 aliphatic carbocycles. The van der Waals surface area contributed by atoms with Gasteiger partial charge in [0.15, 0.2) is 0 Å². The molecule has 2 heteroatoms. The van der Waals surface area contributed by atoms with E-state index in [1.165, 1.54) is 38.9 Å². The Morgan fingerprint density at radius 2 is 2.07 bits per heavy atom. The van der Waals surface area contributed by atoms with Gasteiger partial charge in [0, 0.05) is 13.1 Å². The summed E-state index contributed by atoms with van der Waals surface area (Å²) < 4.78 is 0. The van der Waals surface area contributed by atoms with Gasteiger partial charge >= 0.3 is 0 Å². The smallest absolute Gasteiger partial charge is 0.0171 e. The van der Waals surface area contributed by atoms with Crippen LogP contribution in [0.2, 0.25) is 0 Å². The number of rotatable bonds is 0. The van der Waals surface area contributed by atoms with Gasteiger partial charge in [-0.3, -0.25) is 0 Å². The van der Waals surface area contributed by atoms with E-state index in [4.69, 9.17) is 0 Å². The highest BCUT2D eigenvalue weighted by Crippen LogP contribution is 2.45. The van der Waals surface area contributed by atoms with Crippen molar-refractivity contribution < 1.29 is 0 Å². The Balaban J connectivity index is 1.88. The molecule has 0 aromatic carbocycles. The molecular weight excluding hydrogens is 184 g/mol. The molecule has 0 bridgehead atoms. The lowest BCUT2D eigenvalue weighted by Gasteiger charge is -2.49. The Hall–Kier alpha value is -0.600. The maximum atomic E-state index is 3.61. The summed E-state index contributed by atoms with van der Waals surface area (Å²) in [5.41, 5.74) is 2.20. The predicted octanol–water partition coefficient (Wildman–Crippen LogP) is 1.46. The Morgan fingerprint density at radius 1 is 1.20 bits per heavy atom. The van der Waals surface area contributed by atoms with Crippen LogP contribution in [0.5, 0.6) is 0 Å². The first-order chi connectivity index (χ1) is 7.41. The lowest BCUT2D eigenvalue weighted by Crippen LogP contribution is -2.53. The van der Waals surface area contributed by atoms with Crippen LogP contribution in [0.4, 0.5) is 0 Å². The Morgan fingerprint density at radius 3 is 2.93 bits per heavy atom. The highest BCUT2D eigenvalue weighted by atomic mass is 14.9. The lowest BCUT2D eigenvalue weighted by molar-refractivity contribution is 0.106. The van der Waals surface area contributed by atoms with E-state index in [1.807, 2.05) is 0 Å². The molecule has 1 spiro atoms. The van der Waals surface area contributed by atoms with Crippen molar-refractivity contribution in [3.63, 3.8) is 0 Å². The molecule has 2 saturated heterocycles. The standard InChI is InChI=1S/C13H20N2/c1-2-4-12-11(3-1)9-15-10-13(12)5-7-14-8-6-13/h1-3,12,14-15H,4-10H2. The zero-order valence-corrected chi connectivity index (χ0v) is 9.26. The van der Waals surface area contributed by atoms with Gasteiger partial charge in [0.2, 0.25) is 0 Å². The van der Waals surface area contributed by atoms with E-state index in [-0.39, 0.29) is 0 Å². The molecule has 2 fully saturated rings. The van der Waals surface area contributed by atoms with Gasteiger partial charge in [-0.25, -0.2) is 0 Å². The van der Waals surface area contributed by atoms with Gasteiger partial charge in [0.1, 0.15) is 0 Å².